The minimum atomic E-state index is -0.330. The van der Waals surface area contributed by atoms with Gasteiger partial charge in [0.15, 0.2) is 0 Å². The molecule has 0 saturated carbocycles. The fourth-order valence-electron chi connectivity index (χ4n) is 4.93. The van der Waals surface area contributed by atoms with Crippen molar-refractivity contribution < 1.29 is 14.3 Å². The predicted octanol–water partition coefficient (Wildman–Crippen LogP) is 6.15. The molecule has 2 aliphatic heterocycles. The minimum Gasteiger partial charge on any atom is -0.493 e. The highest BCUT2D eigenvalue weighted by atomic mass is 16.5. The van der Waals surface area contributed by atoms with Crippen molar-refractivity contribution in [2.24, 2.45) is 0 Å². The summed E-state index contributed by atoms with van der Waals surface area (Å²) >= 11 is 0. The van der Waals surface area contributed by atoms with Crippen molar-refractivity contribution in [1.82, 2.24) is 4.90 Å². The van der Waals surface area contributed by atoms with Crippen LogP contribution in [0.1, 0.15) is 61.1 Å². The van der Waals surface area contributed by atoms with Crippen molar-refractivity contribution in [3.8, 4) is 5.75 Å². The molecule has 2 aliphatic rings. The second kappa shape index (κ2) is 9.84. The average molecular weight is 445 g/mol. The number of nitrogens with one attached hydrogen (secondary N) is 1. The molecule has 172 valence electrons. The van der Waals surface area contributed by atoms with Gasteiger partial charge in [-0.1, -0.05) is 62.2 Å². The van der Waals surface area contributed by atoms with Crippen LogP contribution in [0.5, 0.6) is 5.75 Å². The van der Waals surface area contributed by atoms with Gasteiger partial charge in [-0.25, -0.2) is 0 Å². The van der Waals surface area contributed by atoms with Crippen LogP contribution in [-0.4, -0.2) is 36.7 Å². The number of hydrogen-bond acceptors (Lipinski definition) is 4. The number of rotatable bonds is 8. The van der Waals surface area contributed by atoms with E-state index in [9.17, 15) is 4.79 Å². The summed E-state index contributed by atoms with van der Waals surface area (Å²) in [6.07, 6.45) is 5.06. The van der Waals surface area contributed by atoms with Crippen molar-refractivity contribution >= 4 is 22.4 Å². The van der Waals surface area contributed by atoms with E-state index in [2.05, 4.69) is 42.6 Å². The fourth-order valence-corrected chi connectivity index (χ4v) is 4.93. The SMILES string of the molecule is CCCCCOc1ccc2ccccc2c1C1Nc2ccccc2C(=O)N1CC1CCCO1. The Morgan fingerprint density at radius 3 is 2.76 bits per heavy atom. The van der Waals surface area contributed by atoms with Crippen LogP contribution in [0.2, 0.25) is 0 Å². The second-order valence-corrected chi connectivity index (χ2v) is 8.94. The van der Waals surface area contributed by atoms with E-state index in [-0.39, 0.29) is 18.2 Å². The minimum absolute atomic E-state index is 0.0368. The summed E-state index contributed by atoms with van der Waals surface area (Å²) in [6, 6.07) is 20.3. The first-order valence-corrected chi connectivity index (χ1v) is 12.2. The maximum atomic E-state index is 13.7. The van der Waals surface area contributed by atoms with E-state index in [4.69, 9.17) is 9.47 Å². The molecule has 3 aromatic carbocycles. The maximum absolute atomic E-state index is 13.7. The zero-order valence-electron chi connectivity index (χ0n) is 19.3. The zero-order chi connectivity index (χ0) is 22.6. The number of unbranched alkanes of at least 4 members (excludes halogenated alkanes) is 2. The van der Waals surface area contributed by atoms with Gasteiger partial charge in [-0.3, -0.25) is 4.79 Å². The van der Waals surface area contributed by atoms with Crippen molar-refractivity contribution in [2.45, 2.75) is 51.3 Å². The molecule has 5 rings (SSSR count). The molecule has 5 nitrogen and oxygen atoms in total. The number of ether oxygens (including phenoxy) is 2. The molecule has 0 bridgehead atoms. The van der Waals surface area contributed by atoms with Crippen LogP contribution in [-0.2, 0) is 4.74 Å². The first-order chi connectivity index (χ1) is 16.3. The van der Waals surface area contributed by atoms with E-state index in [0.717, 1.165) is 66.5 Å². The number of anilines is 1. The third kappa shape index (κ3) is 4.42. The first-order valence-electron chi connectivity index (χ1n) is 12.2. The number of benzene rings is 3. The lowest BCUT2D eigenvalue weighted by Crippen LogP contribution is -2.46. The molecule has 0 radical (unpaired) electrons. The Morgan fingerprint density at radius 2 is 1.91 bits per heavy atom. The molecule has 2 heterocycles. The molecule has 1 fully saturated rings. The summed E-state index contributed by atoms with van der Waals surface area (Å²) < 4.78 is 12.3. The molecule has 0 aromatic heterocycles. The van der Waals surface area contributed by atoms with Gasteiger partial charge in [0.05, 0.1) is 18.3 Å². The van der Waals surface area contributed by atoms with Gasteiger partial charge in [0.25, 0.3) is 5.91 Å². The fraction of sp³-hybridized carbons (Fsp3) is 0.393. The lowest BCUT2D eigenvalue weighted by atomic mass is 9.97. The Hall–Kier alpha value is -3.05. The molecule has 0 aliphatic carbocycles. The number of amides is 1. The third-order valence-electron chi connectivity index (χ3n) is 6.66. The topological polar surface area (TPSA) is 50.8 Å². The molecule has 5 heteroatoms. The van der Waals surface area contributed by atoms with E-state index in [1.807, 2.05) is 35.2 Å². The van der Waals surface area contributed by atoms with Crippen molar-refractivity contribution in [1.29, 1.82) is 0 Å². The highest BCUT2D eigenvalue weighted by Crippen LogP contribution is 2.41. The smallest absolute Gasteiger partial charge is 0.257 e. The quantitative estimate of drug-likeness (QED) is 0.423. The molecule has 2 unspecified atom stereocenters. The molecular formula is C28H32N2O3. The number of carbonyl (C=O) groups excluding carboxylic acids is 1. The summed E-state index contributed by atoms with van der Waals surface area (Å²) in [5, 5.41) is 5.91. The van der Waals surface area contributed by atoms with Crippen LogP contribution in [0, 0.1) is 0 Å². The number of nitrogens with zero attached hydrogens (tertiary/aromatic N) is 1. The Kier molecular flexibility index (Phi) is 6.49. The summed E-state index contributed by atoms with van der Waals surface area (Å²) in [4.78, 5) is 15.7. The average Bonchev–Trinajstić information content (AvgIpc) is 3.37. The standard InChI is InChI=1S/C28H32N2O3/c1-2-3-8-17-33-25-16-15-20-10-4-5-12-22(20)26(25)27-29-24-14-7-6-13-23(24)28(31)30(27)19-21-11-9-18-32-21/h4-7,10,12-16,21,27,29H,2-3,8-9,11,17-19H2,1H3. The van der Waals surface area contributed by atoms with E-state index in [1.165, 1.54) is 0 Å². The van der Waals surface area contributed by atoms with Gasteiger partial charge in [-0.15, -0.1) is 0 Å². The molecule has 0 spiro atoms. The van der Waals surface area contributed by atoms with Crippen LogP contribution in [0.25, 0.3) is 10.8 Å². The zero-order valence-corrected chi connectivity index (χ0v) is 19.3. The normalized spacial score (nSPS) is 20.0. The molecule has 1 amide bonds. The highest BCUT2D eigenvalue weighted by Gasteiger charge is 2.37. The number of carbonyl (C=O) groups is 1. The summed E-state index contributed by atoms with van der Waals surface area (Å²) in [7, 11) is 0. The number of fused-ring (bicyclic) bond motifs is 2. The van der Waals surface area contributed by atoms with Crippen LogP contribution in [0.3, 0.4) is 0 Å². The molecule has 33 heavy (non-hydrogen) atoms. The van der Waals surface area contributed by atoms with Gasteiger partial charge in [0.1, 0.15) is 11.9 Å². The Morgan fingerprint density at radius 1 is 1.06 bits per heavy atom. The van der Waals surface area contributed by atoms with E-state index >= 15 is 0 Å². The van der Waals surface area contributed by atoms with Gasteiger partial charge in [-0.2, -0.15) is 0 Å². The lowest BCUT2D eigenvalue weighted by Gasteiger charge is -2.40. The van der Waals surface area contributed by atoms with Crippen LogP contribution in [0.4, 0.5) is 5.69 Å². The van der Waals surface area contributed by atoms with Gasteiger partial charge < -0.3 is 19.7 Å². The summed E-state index contributed by atoms with van der Waals surface area (Å²) in [5.41, 5.74) is 2.59. The first kappa shape index (κ1) is 21.8. The van der Waals surface area contributed by atoms with Gasteiger partial charge in [0.2, 0.25) is 0 Å². The molecule has 1 N–H and O–H groups in total. The monoisotopic (exact) mass is 444 g/mol. The molecule has 1 saturated heterocycles. The van der Waals surface area contributed by atoms with Crippen molar-refractivity contribution in [3.63, 3.8) is 0 Å². The molecular weight excluding hydrogens is 412 g/mol. The van der Waals surface area contributed by atoms with Crippen molar-refractivity contribution in [3.05, 3.63) is 71.8 Å². The van der Waals surface area contributed by atoms with Crippen molar-refractivity contribution in [2.75, 3.05) is 25.1 Å². The maximum Gasteiger partial charge on any atom is 0.257 e. The van der Waals surface area contributed by atoms with Crippen LogP contribution in [0.15, 0.2) is 60.7 Å². The lowest BCUT2D eigenvalue weighted by molar-refractivity contribution is 0.0425. The highest BCUT2D eigenvalue weighted by molar-refractivity contribution is 6.02. The van der Waals surface area contributed by atoms with Gasteiger partial charge in [0, 0.05) is 24.4 Å². The molecule has 2 atom stereocenters. The largest absolute Gasteiger partial charge is 0.493 e. The predicted molar refractivity (Wildman–Crippen MR) is 132 cm³/mol. The number of hydrogen-bond donors (Lipinski definition) is 1. The Bertz CT molecular complexity index is 1120. The molecule has 3 aromatic rings. The summed E-state index contributed by atoms with van der Waals surface area (Å²) in [5.74, 6) is 0.876. The second-order valence-electron chi connectivity index (χ2n) is 8.94. The van der Waals surface area contributed by atoms with Crippen LogP contribution < -0.4 is 10.1 Å². The van der Waals surface area contributed by atoms with E-state index < -0.39 is 0 Å². The number of para-hydroxylation sites is 1. The van der Waals surface area contributed by atoms with E-state index in [0.29, 0.717) is 18.7 Å². The van der Waals surface area contributed by atoms with Gasteiger partial charge in [-0.05, 0) is 48.2 Å². The Balaban J connectivity index is 1.59. The summed E-state index contributed by atoms with van der Waals surface area (Å²) in [6.45, 7) is 4.19. The van der Waals surface area contributed by atoms with E-state index in [1.54, 1.807) is 0 Å². The Labute approximate surface area is 195 Å². The van der Waals surface area contributed by atoms with Gasteiger partial charge >= 0.3 is 0 Å². The third-order valence-corrected chi connectivity index (χ3v) is 6.66. The van der Waals surface area contributed by atoms with Crippen LogP contribution >= 0.6 is 0 Å².